The zero-order valence-corrected chi connectivity index (χ0v) is 13.2. The number of non-ortho nitro benzene ring substituents is 1. The molecule has 2 amide bonds. The number of ether oxygens (including phenoxy) is 2. The highest BCUT2D eigenvalue weighted by molar-refractivity contribution is 6.06. The Morgan fingerprint density at radius 2 is 1.88 bits per heavy atom. The maximum Gasteiger partial charge on any atom is 0.270 e. The summed E-state index contributed by atoms with van der Waals surface area (Å²) >= 11 is 0. The van der Waals surface area contributed by atoms with Crippen LogP contribution in [0.5, 0.6) is 11.5 Å². The number of carbonyl (C=O) groups is 2. The highest BCUT2D eigenvalue weighted by Crippen LogP contribution is 2.25. The molecule has 0 fully saturated rings. The Hall–Kier alpha value is -3.62. The van der Waals surface area contributed by atoms with Crippen LogP contribution in [0.2, 0.25) is 0 Å². The summed E-state index contributed by atoms with van der Waals surface area (Å²) in [5.41, 5.74) is 5.23. The molecule has 0 saturated heterocycles. The van der Waals surface area contributed by atoms with Crippen molar-refractivity contribution in [3.8, 4) is 11.5 Å². The lowest BCUT2D eigenvalue weighted by Gasteiger charge is -2.10. The van der Waals surface area contributed by atoms with Crippen LogP contribution in [0.4, 0.5) is 11.4 Å². The van der Waals surface area contributed by atoms with E-state index < -0.39 is 16.7 Å². The molecule has 0 saturated carbocycles. The Morgan fingerprint density at radius 3 is 2.44 bits per heavy atom. The summed E-state index contributed by atoms with van der Waals surface area (Å²) in [6, 6.07) is 9.94. The number of nitro benzene ring substituents is 1. The lowest BCUT2D eigenvalue weighted by atomic mass is 10.1. The second-order valence-electron chi connectivity index (χ2n) is 4.88. The van der Waals surface area contributed by atoms with Gasteiger partial charge in [-0.05, 0) is 30.3 Å². The third-order valence-corrected chi connectivity index (χ3v) is 3.13. The van der Waals surface area contributed by atoms with Crippen LogP contribution in [-0.4, -0.2) is 30.5 Å². The van der Waals surface area contributed by atoms with Crippen molar-refractivity contribution in [2.75, 3.05) is 19.0 Å². The summed E-state index contributed by atoms with van der Waals surface area (Å²) in [4.78, 5) is 33.3. The Bertz CT molecular complexity index is 804. The first-order chi connectivity index (χ1) is 11.9. The van der Waals surface area contributed by atoms with Gasteiger partial charge in [0.05, 0.1) is 17.6 Å². The number of methoxy groups -OCH3 is 1. The summed E-state index contributed by atoms with van der Waals surface area (Å²) in [6.07, 6.45) is 0. The number of amides is 2. The van der Waals surface area contributed by atoms with Crippen molar-refractivity contribution in [3.05, 3.63) is 58.1 Å². The maximum atomic E-state index is 12.4. The maximum absolute atomic E-state index is 12.4. The van der Waals surface area contributed by atoms with Crippen molar-refractivity contribution in [2.45, 2.75) is 0 Å². The third kappa shape index (κ3) is 4.67. The molecule has 0 unspecified atom stereocenters. The molecule has 25 heavy (non-hydrogen) atoms. The number of hydrogen-bond donors (Lipinski definition) is 2. The zero-order valence-electron chi connectivity index (χ0n) is 13.2. The Morgan fingerprint density at radius 1 is 1.20 bits per heavy atom. The standard InChI is InChI=1S/C16H15N3O6/c1-24-14-7-4-11(19(22)23)8-13(14)16(21)18-10-2-5-12(6-3-10)25-9-15(17)20/h2-8H,9H2,1H3,(H2,17,20)(H,18,21). The summed E-state index contributed by atoms with van der Waals surface area (Å²) < 4.78 is 10.2. The molecule has 9 heteroatoms. The van der Waals surface area contributed by atoms with E-state index in [1.165, 1.54) is 19.2 Å². The van der Waals surface area contributed by atoms with Crippen LogP contribution >= 0.6 is 0 Å². The first kappa shape index (κ1) is 17.7. The number of rotatable bonds is 7. The normalized spacial score (nSPS) is 9.96. The molecule has 0 spiro atoms. The average Bonchev–Trinajstić information content (AvgIpc) is 2.60. The molecule has 0 bridgehead atoms. The van der Waals surface area contributed by atoms with E-state index in [1.807, 2.05) is 0 Å². The molecule has 3 N–H and O–H groups in total. The average molecular weight is 345 g/mol. The molecule has 0 aromatic heterocycles. The van der Waals surface area contributed by atoms with Gasteiger partial charge in [-0.1, -0.05) is 0 Å². The van der Waals surface area contributed by atoms with E-state index in [4.69, 9.17) is 15.2 Å². The van der Waals surface area contributed by atoms with Gasteiger partial charge in [-0.3, -0.25) is 19.7 Å². The number of nitrogens with two attached hydrogens (primary N) is 1. The fourth-order valence-electron chi connectivity index (χ4n) is 1.97. The van der Waals surface area contributed by atoms with Gasteiger partial charge in [0.1, 0.15) is 11.5 Å². The number of nitrogens with zero attached hydrogens (tertiary/aromatic N) is 1. The van der Waals surface area contributed by atoms with E-state index in [0.29, 0.717) is 11.4 Å². The number of primary amides is 1. The van der Waals surface area contributed by atoms with Crippen molar-refractivity contribution >= 4 is 23.2 Å². The van der Waals surface area contributed by atoms with Gasteiger partial charge in [0, 0.05) is 17.8 Å². The minimum atomic E-state index is -0.602. The number of hydrogen-bond acceptors (Lipinski definition) is 6. The van der Waals surface area contributed by atoms with Gasteiger partial charge >= 0.3 is 0 Å². The van der Waals surface area contributed by atoms with E-state index >= 15 is 0 Å². The summed E-state index contributed by atoms with van der Waals surface area (Å²) in [5, 5.41) is 13.5. The highest BCUT2D eigenvalue weighted by Gasteiger charge is 2.17. The molecule has 0 atom stereocenters. The van der Waals surface area contributed by atoms with Crippen LogP contribution in [-0.2, 0) is 4.79 Å². The molecule has 0 aliphatic heterocycles. The molecule has 0 radical (unpaired) electrons. The van der Waals surface area contributed by atoms with E-state index in [0.717, 1.165) is 6.07 Å². The van der Waals surface area contributed by atoms with Gasteiger partial charge in [-0.25, -0.2) is 0 Å². The lowest BCUT2D eigenvalue weighted by molar-refractivity contribution is -0.384. The van der Waals surface area contributed by atoms with Crippen LogP contribution in [0, 0.1) is 10.1 Å². The summed E-state index contributed by atoms with van der Waals surface area (Å²) in [6.45, 7) is -0.253. The molecule has 9 nitrogen and oxygen atoms in total. The largest absolute Gasteiger partial charge is 0.496 e. The molecule has 0 heterocycles. The first-order valence-corrected chi connectivity index (χ1v) is 7.05. The van der Waals surface area contributed by atoms with Crippen LogP contribution in [0.3, 0.4) is 0 Å². The SMILES string of the molecule is COc1ccc([N+](=O)[O-])cc1C(=O)Nc1ccc(OCC(N)=O)cc1. The van der Waals surface area contributed by atoms with Crippen LogP contribution in [0.15, 0.2) is 42.5 Å². The first-order valence-electron chi connectivity index (χ1n) is 7.05. The number of anilines is 1. The smallest absolute Gasteiger partial charge is 0.270 e. The van der Waals surface area contributed by atoms with Crippen LogP contribution in [0.1, 0.15) is 10.4 Å². The van der Waals surface area contributed by atoms with Gasteiger partial charge in [-0.15, -0.1) is 0 Å². The minimum absolute atomic E-state index is 0.0331. The number of carbonyl (C=O) groups excluding carboxylic acids is 2. The van der Waals surface area contributed by atoms with E-state index in [1.54, 1.807) is 24.3 Å². The second-order valence-corrected chi connectivity index (χ2v) is 4.88. The van der Waals surface area contributed by atoms with Gasteiger partial charge in [0.2, 0.25) is 0 Å². The fraction of sp³-hybridized carbons (Fsp3) is 0.125. The molecule has 2 aromatic rings. The number of benzene rings is 2. The Labute approximate surface area is 142 Å². The second kappa shape index (κ2) is 7.77. The molecular formula is C16H15N3O6. The Kier molecular flexibility index (Phi) is 5.51. The van der Waals surface area contributed by atoms with Crippen molar-refractivity contribution < 1.29 is 24.0 Å². The molecule has 2 aromatic carbocycles. The third-order valence-electron chi connectivity index (χ3n) is 3.13. The van der Waals surface area contributed by atoms with E-state index in [-0.39, 0.29) is 23.6 Å². The predicted octanol–water partition coefficient (Wildman–Crippen LogP) is 1.72. The zero-order chi connectivity index (χ0) is 18.4. The van der Waals surface area contributed by atoms with Crippen molar-refractivity contribution in [3.63, 3.8) is 0 Å². The van der Waals surface area contributed by atoms with Gasteiger partial charge < -0.3 is 20.5 Å². The highest BCUT2D eigenvalue weighted by atomic mass is 16.6. The number of nitro groups is 1. The number of nitrogens with one attached hydrogen (secondary N) is 1. The minimum Gasteiger partial charge on any atom is -0.496 e. The van der Waals surface area contributed by atoms with E-state index in [9.17, 15) is 19.7 Å². The van der Waals surface area contributed by atoms with Gasteiger partial charge in [0.25, 0.3) is 17.5 Å². The predicted molar refractivity (Wildman–Crippen MR) is 88.7 cm³/mol. The van der Waals surface area contributed by atoms with Crippen molar-refractivity contribution in [1.82, 2.24) is 0 Å². The van der Waals surface area contributed by atoms with Crippen molar-refractivity contribution in [2.24, 2.45) is 5.73 Å². The molecular weight excluding hydrogens is 330 g/mol. The van der Waals surface area contributed by atoms with Gasteiger partial charge in [0.15, 0.2) is 6.61 Å². The fourth-order valence-corrected chi connectivity index (χ4v) is 1.97. The molecule has 0 aliphatic carbocycles. The summed E-state index contributed by atoms with van der Waals surface area (Å²) in [5.74, 6) is -0.546. The van der Waals surface area contributed by atoms with Crippen LogP contribution in [0.25, 0.3) is 0 Å². The van der Waals surface area contributed by atoms with Gasteiger partial charge in [-0.2, -0.15) is 0 Å². The summed E-state index contributed by atoms with van der Waals surface area (Å²) in [7, 11) is 1.36. The van der Waals surface area contributed by atoms with E-state index in [2.05, 4.69) is 5.32 Å². The Balaban J connectivity index is 2.15. The lowest BCUT2D eigenvalue weighted by Crippen LogP contribution is -2.20. The van der Waals surface area contributed by atoms with Crippen molar-refractivity contribution in [1.29, 1.82) is 0 Å². The molecule has 0 aliphatic rings. The molecule has 130 valence electrons. The quantitative estimate of drug-likeness (QED) is 0.579. The topological polar surface area (TPSA) is 134 Å². The van der Waals surface area contributed by atoms with Crippen LogP contribution < -0.4 is 20.5 Å². The molecule has 2 rings (SSSR count). The monoisotopic (exact) mass is 345 g/mol.